The van der Waals surface area contributed by atoms with Crippen molar-refractivity contribution >= 4 is 21.5 Å². The number of rotatable bonds is 9. The molecule has 18 heavy (non-hydrogen) atoms. The van der Waals surface area contributed by atoms with Gasteiger partial charge in [0, 0.05) is 13.2 Å². The monoisotopic (exact) mass is 274 g/mol. The van der Waals surface area contributed by atoms with Crippen molar-refractivity contribution in [2.45, 2.75) is 45.1 Å². The molecule has 0 aromatic heterocycles. The zero-order valence-electron chi connectivity index (χ0n) is 11.1. The van der Waals surface area contributed by atoms with E-state index in [2.05, 4.69) is 4.74 Å². The highest BCUT2D eigenvalue weighted by Crippen LogP contribution is 2.21. The van der Waals surface area contributed by atoms with Gasteiger partial charge in [-0.1, -0.05) is 12.5 Å². The van der Waals surface area contributed by atoms with E-state index < -0.39 is 9.52 Å². The van der Waals surface area contributed by atoms with Crippen LogP contribution < -0.4 is 0 Å². The summed E-state index contributed by atoms with van der Waals surface area (Å²) in [6.07, 6.45) is 1.93. The van der Waals surface area contributed by atoms with Crippen LogP contribution in [0, 0.1) is 5.92 Å². The molecule has 0 radical (unpaired) electrons. The Kier molecular flexibility index (Phi) is 7.15. The molecule has 1 rings (SSSR count). The quantitative estimate of drug-likeness (QED) is 0.205. The standard InChI is InChI=1S/C12H22O5Si/c1-3-15-12(16-4-2)18-7-5-6-9-8-10(13)17-11(9)14/h9,12H,3-8,18H2,1-2H3. The van der Waals surface area contributed by atoms with Gasteiger partial charge in [0.1, 0.15) is 5.91 Å². The van der Waals surface area contributed by atoms with E-state index in [0.29, 0.717) is 13.2 Å². The van der Waals surface area contributed by atoms with Gasteiger partial charge in [-0.25, -0.2) is 0 Å². The highest BCUT2D eigenvalue weighted by Gasteiger charge is 2.32. The fourth-order valence-corrected chi connectivity index (χ4v) is 3.75. The van der Waals surface area contributed by atoms with Crippen LogP contribution in [0.15, 0.2) is 0 Å². The number of cyclic esters (lactones) is 2. The van der Waals surface area contributed by atoms with Gasteiger partial charge >= 0.3 is 11.9 Å². The average Bonchev–Trinajstić information content (AvgIpc) is 2.64. The molecule has 0 N–H and O–H groups in total. The van der Waals surface area contributed by atoms with E-state index in [1.54, 1.807) is 0 Å². The van der Waals surface area contributed by atoms with E-state index in [0.717, 1.165) is 18.9 Å². The fraction of sp³-hybridized carbons (Fsp3) is 0.833. The summed E-state index contributed by atoms with van der Waals surface area (Å²) in [6.45, 7) is 5.25. The third-order valence-corrected chi connectivity index (χ3v) is 4.76. The van der Waals surface area contributed by atoms with Crippen LogP contribution in [0.4, 0.5) is 0 Å². The number of hydrogen-bond donors (Lipinski definition) is 0. The summed E-state index contributed by atoms with van der Waals surface area (Å²) in [5.74, 6) is -0.974. The van der Waals surface area contributed by atoms with Crippen LogP contribution in [0.2, 0.25) is 6.04 Å². The summed E-state index contributed by atoms with van der Waals surface area (Å²) < 4.78 is 15.5. The molecule has 1 fully saturated rings. The van der Waals surface area contributed by atoms with Crippen molar-refractivity contribution in [3.8, 4) is 0 Å². The first-order valence-corrected chi connectivity index (χ1v) is 8.46. The molecule has 0 saturated carbocycles. The molecular formula is C12H22O5Si. The van der Waals surface area contributed by atoms with E-state index in [1.807, 2.05) is 13.8 Å². The summed E-state index contributed by atoms with van der Waals surface area (Å²) in [4.78, 5) is 22.1. The number of ether oxygens (including phenoxy) is 3. The van der Waals surface area contributed by atoms with Gasteiger partial charge in [0.15, 0.2) is 0 Å². The van der Waals surface area contributed by atoms with Gasteiger partial charge in [-0.15, -0.1) is 0 Å². The molecule has 1 atom stereocenters. The molecule has 104 valence electrons. The van der Waals surface area contributed by atoms with Crippen LogP contribution in [0.5, 0.6) is 0 Å². The lowest BCUT2D eigenvalue weighted by atomic mass is 10.0. The van der Waals surface area contributed by atoms with Gasteiger partial charge < -0.3 is 14.2 Å². The lowest BCUT2D eigenvalue weighted by Crippen LogP contribution is -2.24. The van der Waals surface area contributed by atoms with Gasteiger partial charge in [0.05, 0.1) is 21.9 Å². The number of carbonyl (C=O) groups is 2. The molecule has 0 aromatic carbocycles. The fourth-order valence-electron chi connectivity index (χ4n) is 2.03. The summed E-state index contributed by atoms with van der Waals surface area (Å²) in [7, 11) is -0.446. The van der Waals surface area contributed by atoms with Crippen molar-refractivity contribution in [1.29, 1.82) is 0 Å². The zero-order valence-corrected chi connectivity index (χ0v) is 12.6. The molecule has 5 nitrogen and oxygen atoms in total. The second-order valence-corrected chi connectivity index (χ2v) is 6.27. The minimum atomic E-state index is -0.446. The van der Waals surface area contributed by atoms with Crippen molar-refractivity contribution in [3.63, 3.8) is 0 Å². The molecule has 0 spiro atoms. The van der Waals surface area contributed by atoms with Gasteiger partial charge in [-0.05, 0) is 20.3 Å². The largest absolute Gasteiger partial charge is 0.393 e. The third-order valence-electron chi connectivity index (χ3n) is 2.91. The maximum atomic E-state index is 11.2. The second kappa shape index (κ2) is 8.39. The maximum absolute atomic E-state index is 11.2. The van der Waals surface area contributed by atoms with Crippen LogP contribution in [0.3, 0.4) is 0 Å². The van der Waals surface area contributed by atoms with E-state index >= 15 is 0 Å². The Labute approximate surface area is 110 Å². The molecule has 1 aliphatic heterocycles. The Bertz CT molecular complexity index is 276. The van der Waals surface area contributed by atoms with Crippen molar-refractivity contribution in [3.05, 3.63) is 0 Å². The summed E-state index contributed by atoms with van der Waals surface area (Å²) in [6, 6.07) is 1.06. The van der Waals surface area contributed by atoms with Crippen LogP contribution in [-0.4, -0.2) is 40.6 Å². The average molecular weight is 274 g/mol. The van der Waals surface area contributed by atoms with E-state index in [9.17, 15) is 9.59 Å². The lowest BCUT2D eigenvalue weighted by Gasteiger charge is -2.16. The van der Waals surface area contributed by atoms with Crippen molar-refractivity contribution < 1.29 is 23.8 Å². The molecule has 1 heterocycles. The summed E-state index contributed by atoms with van der Waals surface area (Å²) in [5, 5.41) is 0. The molecule has 0 amide bonds. The molecule has 1 saturated heterocycles. The predicted molar refractivity (Wildman–Crippen MR) is 68.8 cm³/mol. The summed E-state index contributed by atoms with van der Waals surface area (Å²) in [5.41, 5.74) is 0. The normalized spacial score (nSPS) is 20.3. The lowest BCUT2D eigenvalue weighted by molar-refractivity contribution is -0.153. The maximum Gasteiger partial charge on any atom is 0.317 e. The van der Waals surface area contributed by atoms with Crippen molar-refractivity contribution in [1.82, 2.24) is 0 Å². The molecule has 0 aromatic rings. The highest BCUT2D eigenvalue weighted by atomic mass is 28.2. The molecule has 6 heteroatoms. The molecule has 1 unspecified atom stereocenters. The Hall–Kier alpha value is -0.723. The first-order chi connectivity index (χ1) is 8.67. The van der Waals surface area contributed by atoms with Gasteiger partial charge in [-0.3, -0.25) is 9.59 Å². The van der Waals surface area contributed by atoms with Crippen LogP contribution in [0.25, 0.3) is 0 Å². The van der Waals surface area contributed by atoms with E-state index in [4.69, 9.17) is 9.47 Å². The molecule has 1 aliphatic rings. The third kappa shape index (κ3) is 5.28. The Balaban J connectivity index is 2.13. The number of esters is 2. The Morgan fingerprint density at radius 2 is 2.00 bits per heavy atom. The Morgan fingerprint density at radius 1 is 1.33 bits per heavy atom. The molecule has 0 aliphatic carbocycles. The number of hydrogen-bond acceptors (Lipinski definition) is 5. The summed E-state index contributed by atoms with van der Waals surface area (Å²) >= 11 is 0. The van der Waals surface area contributed by atoms with Crippen molar-refractivity contribution in [2.75, 3.05) is 13.2 Å². The topological polar surface area (TPSA) is 61.8 Å². The highest BCUT2D eigenvalue weighted by molar-refractivity contribution is 6.36. The predicted octanol–water partition coefficient (Wildman–Crippen LogP) is 0.800. The second-order valence-electron chi connectivity index (χ2n) is 4.32. The van der Waals surface area contributed by atoms with E-state index in [1.165, 1.54) is 0 Å². The van der Waals surface area contributed by atoms with E-state index in [-0.39, 0.29) is 30.2 Å². The SMILES string of the molecule is CCOC(OCC)[SiH2]CCCC1CC(=O)OC1=O. The smallest absolute Gasteiger partial charge is 0.317 e. The Morgan fingerprint density at radius 3 is 2.50 bits per heavy atom. The number of carbonyl (C=O) groups excluding carboxylic acids is 2. The van der Waals surface area contributed by atoms with Crippen LogP contribution >= 0.6 is 0 Å². The first-order valence-electron chi connectivity index (χ1n) is 6.65. The minimum Gasteiger partial charge on any atom is -0.393 e. The van der Waals surface area contributed by atoms with Gasteiger partial charge in [0.2, 0.25) is 0 Å². The minimum absolute atomic E-state index is 0.0165. The van der Waals surface area contributed by atoms with Gasteiger partial charge in [-0.2, -0.15) is 0 Å². The van der Waals surface area contributed by atoms with Crippen LogP contribution in [0.1, 0.15) is 33.1 Å². The molecule has 0 bridgehead atoms. The zero-order chi connectivity index (χ0) is 13.4. The van der Waals surface area contributed by atoms with Crippen molar-refractivity contribution in [2.24, 2.45) is 5.92 Å². The van der Waals surface area contributed by atoms with Crippen LogP contribution in [-0.2, 0) is 23.8 Å². The van der Waals surface area contributed by atoms with Gasteiger partial charge in [0.25, 0.3) is 0 Å². The molecular weight excluding hydrogens is 252 g/mol. The first kappa shape index (κ1) is 15.3.